The van der Waals surface area contributed by atoms with E-state index in [1.807, 2.05) is 30.7 Å². The van der Waals surface area contributed by atoms with Gasteiger partial charge in [-0.2, -0.15) is 0 Å². The number of nitrogens with one attached hydrogen (secondary N) is 1. The van der Waals surface area contributed by atoms with Crippen molar-refractivity contribution in [3.63, 3.8) is 0 Å². The first-order chi connectivity index (χ1) is 7.88. The van der Waals surface area contributed by atoms with Gasteiger partial charge >= 0.3 is 0 Å². The topological polar surface area (TPSA) is 37.8 Å². The van der Waals surface area contributed by atoms with Crippen LogP contribution < -0.4 is 5.32 Å². The third-order valence-electron chi connectivity index (χ3n) is 2.28. The number of hydrogen-bond donors (Lipinski definition) is 1. The molecular formula is C12H15N3S. The molecule has 0 unspecified atom stereocenters. The monoisotopic (exact) mass is 233 g/mol. The summed E-state index contributed by atoms with van der Waals surface area (Å²) in [5, 5.41) is 4.61. The second-order valence-electron chi connectivity index (χ2n) is 3.53. The molecule has 0 atom stereocenters. The lowest BCUT2D eigenvalue weighted by atomic mass is 10.3. The number of rotatable bonds is 5. The molecule has 2 heterocycles. The third-order valence-corrected chi connectivity index (χ3v) is 3.42. The van der Waals surface area contributed by atoms with Crippen LogP contribution in [0.4, 0.5) is 0 Å². The molecule has 0 radical (unpaired) electrons. The van der Waals surface area contributed by atoms with Crippen molar-refractivity contribution in [2.75, 3.05) is 0 Å². The standard InChI is InChI=1S/C12H15N3S/c1-2-12-15-9-11(16-12)8-14-7-10-3-5-13-6-4-10/h3-6,9,14H,2,7-8H2,1H3. The van der Waals surface area contributed by atoms with Crippen molar-refractivity contribution >= 4 is 11.3 Å². The molecule has 0 aliphatic carbocycles. The zero-order chi connectivity index (χ0) is 11.2. The van der Waals surface area contributed by atoms with Crippen LogP contribution in [0, 0.1) is 0 Å². The van der Waals surface area contributed by atoms with Crippen molar-refractivity contribution in [2.24, 2.45) is 0 Å². The summed E-state index contributed by atoms with van der Waals surface area (Å²) in [5.41, 5.74) is 1.26. The normalized spacial score (nSPS) is 10.6. The van der Waals surface area contributed by atoms with Crippen LogP contribution in [-0.4, -0.2) is 9.97 Å². The number of nitrogens with zero attached hydrogens (tertiary/aromatic N) is 2. The molecule has 2 aromatic rings. The molecule has 3 nitrogen and oxygen atoms in total. The van der Waals surface area contributed by atoms with Crippen LogP contribution in [0.2, 0.25) is 0 Å². The maximum absolute atomic E-state index is 4.33. The molecule has 16 heavy (non-hydrogen) atoms. The van der Waals surface area contributed by atoms with Gasteiger partial charge in [-0.15, -0.1) is 11.3 Å². The Labute approximate surface area is 99.6 Å². The lowest BCUT2D eigenvalue weighted by Gasteiger charge is -2.01. The van der Waals surface area contributed by atoms with E-state index in [1.165, 1.54) is 15.4 Å². The summed E-state index contributed by atoms with van der Waals surface area (Å²) < 4.78 is 0. The Kier molecular flexibility index (Phi) is 4.02. The second kappa shape index (κ2) is 5.72. The molecule has 0 saturated carbocycles. The van der Waals surface area contributed by atoms with Gasteiger partial charge in [-0.25, -0.2) is 4.98 Å². The summed E-state index contributed by atoms with van der Waals surface area (Å²) in [4.78, 5) is 9.62. The van der Waals surface area contributed by atoms with Crippen LogP contribution >= 0.6 is 11.3 Å². The van der Waals surface area contributed by atoms with E-state index in [-0.39, 0.29) is 0 Å². The van der Waals surface area contributed by atoms with E-state index >= 15 is 0 Å². The summed E-state index contributed by atoms with van der Waals surface area (Å²) in [6.45, 7) is 3.90. The van der Waals surface area contributed by atoms with E-state index in [9.17, 15) is 0 Å². The minimum absolute atomic E-state index is 0.877. The molecule has 0 bridgehead atoms. The van der Waals surface area contributed by atoms with E-state index in [4.69, 9.17) is 0 Å². The van der Waals surface area contributed by atoms with E-state index in [1.54, 1.807) is 11.3 Å². The summed E-state index contributed by atoms with van der Waals surface area (Å²) in [5.74, 6) is 0. The highest BCUT2D eigenvalue weighted by atomic mass is 32.1. The van der Waals surface area contributed by atoms with E-state index < -0.39 is 0 Å². The lowest BCUT2D eigenvalue weighted by molar-refractivity contribution is 0.699. The van der Waals surface area contributed by atoms with Gasteiger partial charge in [0, 0.05) is 36.6 Å². The molecule has 1 N–H and O–H groups in total. The van der Waals surface area contributed by atoms with Crippen molar-refractivity contribution in [2.45, 2.75) is 26.4 Å². The van der Waals surface area contributed by atoms with Gasteiger partial charge in [-0.05, 0) is 24.1 Å². The van der Waals surface area contributed by atoms with Crippen molar-refractivity contribution in [1.82, 2.24) is 15.3 Å². The third kappa shape index (κ3) is 3.12. The Morgan fingerprint density at radius 1 is 1.25 bits per heavy atom. The van der Waals surface area contributed by atoms with Crippen LogP contribution in [0.5, 0.6) is 0 Å². The van der Waals surface area contributed by atoms with Crippen molar-refractivity contribution in [3.05, 3.63) is 46.2 Å². The van der Waals surface area contributed by atoms with Gasteiger partial charge in [-0.1, -0.05) is 6.92 Å². The highest BCUT2D eigenvalue weighted by Gasteiger charge is 1.99. The molecular weight excluding hydrogens is 218 g/mol. The first kappa shape index (κ1) is 11.2. The van der Waals surface area contributed by atoms with Crippen LogP contribution in [0.25, 0.3) is 0 Å². The smallest absolute Gasteiger partial charge is 0.0925 e. The number of hydrogen-bond acceptors (Lipinski definition) is 4. The Balaban J connectivity index is 1.80. The quantitative estimate of drug-likeness (QED) is 0.861. The molecule has 0 aromatic carbocycles. The summed E-state index contributed by atoms with van der Waals surface area (Å²) in [6, 6.07) is 4.05. The Hall–Kier alpha value is -1.26. The molecule has 0 amide bonds. The Morgan fingerprint density at radius 3 is 2.75 bits per heavy atom. The van der Waals surface area contributed by atoms with E-state index in [2.05, 4.69) is 22.2 Å². The van der Waals surface area contributed by atoms with Crippen molar-refractivity contribution in [1.29, 1.82) is 0 Å². The number of thiazole rings is 1. The summed E-state index contributed by atoms with van der Waals surface area (Å²) in [6.07, 6.45) is 6.62. The SMILES string of the molecule is CCc1ncc(CNCc2ccncc2)s1. The summed E-state index contributed by atoms with van der Waals surface area (Å²) in [7, 11) is 0. The number of aryl methyl sites for hydroxylation is 1. The molecule has 4 heteroatoms. The van der Waals surface area contributed by atoms with Crippen LogP contribution in [0.3, 0.4) is 0 Å². The first-order valence-corrected chi connectivity index (χ1v) is 6.23. The molecule has 0 aliphatic heterocycles. The molecule has 2 aromatic heterocycles. The first-order valence-electron chi connectivity index (χ1n) is 5.41. The second-order valence-corrected chi connectivity index (χ2v) is 4.73. The molecule has 0 aliphatic rings. The fraction of sp³-hybridized carbons (Fsp3) is 0.333. The zero-order valence-electron chi connectivity index (χ0n) is 9.31. The average molecular weight is 233 g/mol. The molecule has 2 rings (SSSR count). The highest BCUT2D eigenvalue weighted by Crippen LogP contribution is 2.12. The molecule has 0 fully saturated rings. The Morgan fingerprint density at radius 2 is 2.06 bits per heavy atom. The van der Waals surface area contributed by atoms with Gasteiger partial charge in [0.2, 0.25) is 0 Å². The molecule has 0 spiro atoms. The Bertz CT molecular complexity index is 425. The van der Waals surface area contributed by atoms with Gasteiger partial charge in [0.15, 0.2) is 0 Å². The minimum Gasteiger partial charge on any atom is -0.308 e. The molecule has 84 valence electrons. The van der Waals surface area contributed by atoms with E-state index in [0.29, 0.717) is 0 Å². The van der Waals surface area contributed by atoms with Gasteiger partial charge in [0.1, 0.15) is 0 Å². The van der Waals surface area contributed by atoms with Gasteiger partial charge < -0.3 is 5.32 Å². The fourth-order valence-corrected chi connectivity index (χ4v) is 2.26. The summed E-state index contributed by atoms with van der Waals surface area (Å²) >= 11 is 1.78. The predicted octanol–water partition coefficient (Wildman–Crippen LogP) is 2.39. The van der Waals surface area contributed by atoms with Crippen molar-refractivity contribution < 1.29 is 0 Å². The highest BCUT2D eigenvalue weighted by molar-refractivity contribution is 7.11. The van der Waals surface area contributed by atoms with Crippen molar-refractivity contribution in [3.8, 4) is 0 Å². The van der Waals surface area contributed by atoms with Gasteiger partial charge in [0.05, 0.1) is 5.01 Å². The number of aromatic nitrogens is 2. The largest absolute Gasteiger partial charge is 0.308 e. The predicted molar refractivity (Wildman–Crippen MR) is 66.3 cm³/mol. The van der Waals surface area contributed by atoms with Crippen LogP contribution in [0.15, 0.2) is 30.7 Å². The van der Waals surface area contributed by atoms with E-state index in [0.717, 1.165) is 19.5 Å². The maximum Gasteiger partial charge on any atom is 0.0925 e. The maximum atomic E-state index is 4.33. The lowest BCUT2D eigenvalue weighted by Crippen LogP contribution is -2.11. The number of pyridine rings is 1. The van der Waals surface area contributed by atoms with Gasteiger partial charge in [-0.3, -0.25) is 4.98 Å². The van der Waals surface area contributed by atoms with Crippen LogP contribution in [0.1, 0.15) is 22.4 Å². The van der Waals surface area contributed by atoms with Gasteiger partial charge in [0.25, 0.3) is 0 Å². The fourth-order valence-electron chi connectivity index (χ4n) is 1.42. The zero-order valence-corrected chi connectivity index (χ0v) is 10.1. The molecule has 0 saturated heterocycles. The minimum atomic E-state index is 0.877. The average Bonchev–Trinajstić information content (AvgIpc) is 2.78. The van der Waals surface area contributed by atoms with Crippen LogP contribution in [-0.2, 0) is 19.5 Å².